The van der Waals surface area contributed by atoms with E-state index in [1.54, 1.807) is 18.4 Å². The Morgan fingerprint density at radius 1 is 1.42 bits per heavy atom. The number of anilines is 1. The van der Waals surface area contributed by atoms with Crippen LogP contribution >= 0.6 is 23.4 Å². The van der Waals surface area contributed by atoms with E-state index in [9.17, 15) is 9.18 Å². The first-order valence-electron chi connectivity index (χ1n) is 6.78. The number of thioether (sulfide) groups is 1. The summed E-state index contributed by atoms with van der Waals surface area (Å²) >= 11 is 6.92. The van der Waals surface area contributed by atoms with Gasteiger partial charge >= 0.3 is 0 Å². The zero-order valence-electron chi connectivity index (χ0n) is 12.1. The summed E-state index contributed by atoms with van der Waals surface area (Å²) in [6, 6.07) is 7.50. The van der Waals surface area contributed by atoms with E-state index in [1.165, 1.54) is 22.9 Å². The van der Waals surface area contributed by atoms with Crippen LogP contribution in [0.15, 0.2) is 46.2 Å². The minimum atomic E-state index is -0.555. The first-order valence-corrected chi connectivity index (χ1v) is 8.14. The second kappa shape index (κ2) is 7.45. The lowest BCUT2D eigenvalue weighted by Gasteiger charge is -2.06. The first kappa shape index (κ1) is 16.5. The summed E-state index contributed by atoms with van der Waals surface area (Å²) in [7, 11) is 0. The molecule has 1 N–H and O–H groups in total. The number of nitrogens with zero attached hydrogens (tertiary/aromatic N) is 4. The zero-order chi connectivity index (χ0) is 16.9. The van der Waals surface area contributed by atoms with E-state index < -0.39 is 11.7 Å². The van der Waals surface area contributed by atoms with Gasteiger partial charge in [0.05, 0.1) is 17.7 Å². The summed E-state index contributed by atoms with van der Waals surface area (Å²) in [4.78, 5) is 12.0. The topological polar surface area (TPSA) is 85.8 Å². The van der Waals surface area contributed by atoms with E-state index in [0.29, 0.717) is 22.5 Å². The highest BCUT2D eigenvalue weighted by molar-refractivity contribution is 7.99. The number of hydrogen-bond donors (Lipinski definition) is 1. The van der Waals surface area contributed by atoms with E-state index in [2.05, 4.69) is 20.8 Å². The Hall–Kier alpha value is -2.39. The van der Waals surface area contributed by atoms with Gasteiger partial charge in [-0.15, -0.1) is 5.10 Å². The van der Waals surface area contributed by atoms with Crippen molar-refractivity contribution in [3.8, 4) is 0 Å². The number of carbonyl (C=O) groups is 1. The van der Waals surface area contributed by atoms with Crippen molar-refractivity contribution in [1.29, 1.82) is 0 Å². The number of carbonyl (C=O) groups excluding carboxylic acids is 1. The van der Waals surface area contributed by atoms with Crippen LogP contribution in [0.3, 0.4) is 0 Å². The normalized spacial score (nSPS) is 10.8. The standard InChI is InChI=1S/C14H11ClFN5O2S/c15-9-3-4-11(16)12(6-9)17-13(22)8-24-14-18-19-20-21(14)7-10-2-1-5-23-10/h1-6H,7-8H2,(H,17,22). The van der Waals surface area contributed by atoms with Crippen LogP contribution in [0.2, 0.25) is 5.02 Å². The van der Waals surface area contributed by atoms with Gasteiger partial charge < -0.3 is 9.73 Å². The number of furan rings is 1. The number of nitrogens with one attached hydrogen (secondary N) is 1. The molecule has 0 radical (unpaired) electrons. The zero-order valence-corrected chi connectivity index (χ0v) is 13.7. The molecular weight excluding hydrogens is 357 g/mol. The van der Waals surface area contributed by atoms with Crippen LogP contribution < -0.4 is 5.32 Å². The van der Waals surface area contributed by atoms with Crippen molar-refractivity contribution in [2.45, 2.75) is 11.7 Å². The molecule has 0 saturated heterocycles. The van der Waals surface area contributed by atoms with Crippen LogP contribution in [0, 0.1) is 5.82 Å². The predicted molar refractivity (Wildman–Crippen MR) is 86.4 cm³/mol. The van der Waals surface area contributed by atoms with Crippen LogP contribution in [-0.4, -0.2) is 31.9 Å². The SMILES string of the molecule is O=C(CSc1nnnn1Cc1ccco1)Nc1cc(Cl)ccc1F. The summed E-state index contributed by atoms with van der Waals surface area (Å²) in [5.74, 6) is -0.242. The van der Waals surface area contributed by atoms with Crippen molar-refractivity contribution in [2.75, 3.05) is 11.1 Å². The molecule has 1 aromatic carbocycles. The fraction of sp³-hybridized carbons (Fsp3) is 0.143. The molecule has 0 fully saturated rings. The summed E-state index contributed by atoms with van der Waals surface area (Å²) in [6.07, 6.45) is 1.56. The van der Waals surface area contributed by atoms with E-state index in [-0.39, 0.29) is 11.4 Å². The molecule has 0 aliphatic carbocycles. The average Bonchev–Trinajstić information content (AvgIpc) is 3.21. The molecule has 3 rings (SSSR count). The molecule has 1 amide bonds. The number of halogens is 2. The Morgan fingerprint density at radius 2 is 2.29 bits per heavy atom. The molecule has 0 atom stereocenters. The van der Waals surface area contributed by atoms with E-state index >= 15 is 0 Å². The third-order valence-corrected chi connectivity index (χ3v) is 4.11. The van der Waals surface area contributed by atoms with Crippen molar-refractivity contribution in [2.24, 2.45) is 0 Å². The predicted octanol–water partition coefficient (Wildman–Crippen LogP) is 2.84. The summed E-state index contributed by atoms with van der Waals surface area (Å²) in [6.45, 7) is 0.354. The number of amides is 1. The van der Waals surface area contributed by atoms with Gasteiger partial charge in [-0.3, -0.25) is 4.79 Å². The van der Waals surface area contributed by atoms with Crippen molar-refractivity contribution in [3.05, 3.63) is 53.2 Å². The van der Waals surface area contributed by atoms with Crippen LogP contribution in [0.5, 0.6) is 0 Å². The van der Waals surface area contributed by atoms with Gasteiger partial charge in [0.2, 0.25) is 11.1 Å². The largest absolute Gasteiger partial charge is 0.467 e. The monoisotopic (exact) mass is 367 g/mol. The number of aromatic nitrogens is 4. The molecule has 0 spiro atoms. The Kier molecular flexibility index (Phi) is 5.11. The van der Waals surface area contributed by atoms with E-state index in [0.717, 1.165) is 11.8 Å². The van der Waals surface area contributed by atoms with Gasteiger partial charge in [-0.05, 0) is 40.8 Å². The molecule has 24 heavy (non-hydrogen) atoms. The molecule has 0 bridgehead atoms. The molecule has 2 heterocycles. The minimum Gasteiger partial charge on any atom is -0.467 e. The molecule has 0 unspecified atom stereocenters. The van der Waals surface area contributed by atoms with E-state index in [1.807, 2.05) is 0 Å². The third-order valence-electron chi connectivity index (χ3n) is 2.92. The summed E-state index contributed by atoms with van der Waals surface area (Å²) in [5.41, 5.74) is 0.0308. The number of hydrogen-bond acceptors (Lipinski definition) is 6. The Morgan fingerprint density at radius 3 is 3.08 bits per heavy atom. The van der Waals surface area contributed by atoms with Crippen LogP contribution in [0.25, 0.3) is 0 Å². The van der Waals surface area contributed by atoms with Crippen molar-refractivity contribution in [1.82, 2.24) is 20.2 Å². The van der Waals surface area contributed by atoms with Gasteiger partial charge in [-0.1, -0.05) is 23.4 Å². The fourth-order valence-electron chi connectivity index (χ4n) is 1.86. The van der Waals surface area contributed by atoms with Gasteiger partial charge in [0.1, 0.15) is 18.1 Å². The van der Waals surface area contributed by atoms with E-state index in [4.69, 9.17) is 16.0 Å². The molecule has 10 heteroatoms. The van der Waals surface area contributed by atoms with Crippen LogP contribution in [0.4, 0.5) is 10.1 Å². The number of benzene rings is 1. The van der Waals surface area contributed by atoms with Gasteiger partial charge in [0.15, 0.2) is 0 Å². The average molecular weight is 368 g/mol. The molecule has 3 aromatic rings. The maximum atomic E-state index is 13.6. The third kappa shape index (κ3) is 4.12. The van der Waals surface area contributed by atoms with Gasteiger partial charge in [-0.25, -0.2) is 9.07 Å². The van der Waals surface area contributed by atoms with Crippen LogP contribution in [0.1, 0.15) is 5.76 Å². The highest BCUT2D eigenvalue weighted by atomic mass is 35.5. The Balaban J connectivity index is 1.59. The van der Waals surface area contributed by atoms with Gasteiger partial charge in [0.25, 0.3) is 0 Å². The lowest BCUT2D eigenvalue weighted by molar-refractivity contribution is -0.113. The summed E-state index contributed by atoms with van der Waals surface area (Å²) < 4.78 is 20.3. The van der Waals surface area contributed by atoms with Gasteiger partial charge in [-0.2, -0.15) is 0 Å². The van der Waals surface area contributed by atoms with Crippen molar-refractivity contribution < 1.29 is 13.6 Å². The number of tetrazole rings is 1. The first-order chi connectivity index (χ1) is 11.6. The highest BCUT2D eigenvalue weighted by Gasteiger charge is 2.13. The van der Waals surface area contributed by atoms with Gasteiger partial charge in [0, 0.05) is 5.02 Å². The molecule has 0 aliphatic rings. The molecule has 0 aliphatic heterocycles. The molecule has 0 saturated carbocycles. The molecule has 124 valence electrons. The maximum Gasteiger partial charge on any atom is 0.234 e. The molecule has 2 aromatic heterocycles. The lowest BCUT2D eigenvalue weighted by atomic mass is 10.3. The smallest absolute Gasteiger partial charge is 0.234 e. The Bertz CT molecular complexity index is 840. The fourth-order valence-corrected chi connectivity index (χ4v) is 2.71. The van der Waals surface area contributed by atoms with Crippen molar-refractivity contribution in [3.63, 3.8) is 0 Å². The lowest BCUT2D eigenvalue weighted by Crippen LogP contribution is -2.15. The minimum absolute atomic E-state index is 0.0183. The summed E-state index contributed by atoms with van der Waals surface area (Å²) in [5, 5.41) is 14.5. The quantitative estimate of drug-likeness (QED) is 0.674. The highest BCUT2D eigenvalue weighted by Crippen LogP contribution is 2.21. The Labute approximate surface area is 145 Å². The maximum absolute atomic E-state index is 13.6. The van der Waals surface area contributed by atoms with Crippen molar-refractivity contribution >= 4 is 35.0 Å². The number of rotatable bonds is 6. The molecular formula is C14H11ClFN5O2S. The molecule has 7 nitrogen and oxygen atoms in total. The second-order valence-corrected chi connectivity index (χ2v) is 6.04. The van der Waals surface area contributed by atoms with Crippen LogP contribution in [-0.2, 0) is 11.3 Å². The second-order valence-electron chi connectivity index (χ2n) is 4.66.